The van der Waals surface area contributed by atoms with Crippen LogP contribution in [0.3, 0.4) is 0 Å². The Morgan fingerprint density at radius 2 is 1.86 bits per heavy atom. The molecule has 29 heavy (non-hydrogen) atoms. The van der Waals surface area contributed by atoms with Crippen molar-refractivity contribution in [1.29, 1.82) is 0 Å². The summed E-state index contributed by atoms with van der Waals surface area (Å²) in [5, 5.41) is 3.37. The topological polar surface area (TPSA) is 47.9 Å². The number of halogens is 1. The Bertz CT molecular complexity index is 855. The van der Waals surface area contributed by atoms with Crippen LogP contribution in [0.2, 0.25) is 0 Å². The van der Waals surface area contributed by atoms with E-state index in [0.29, 0.717) is 5.92 Å². The van der Waals surface area contributed by atoms with Crippen LogP contribution in [0.15, 0.2) is 59.6 Å². The Morgan fingerprint density at radius 3 is 2.66 bits per heavy atom. The molecule has 4 rings (SSSR count). The van der Waals surface area contributed by atoms with Crippen LogP contribution in [0.1, 0.15) is 30.4 Å². The van der Waals surface area contributed by atoms with Gasteiger partial charge in [0, 0.05) is 37.8 Å². The summed E-state index contributed by atoms with van der Waals surface area (Å²) >= 11 is 0. The van der Waals surface area contributed by atoms with Gasteiger partial charge < -0.3 is 15.1 Å². The fourth-order valence-electron chi connectivity index (χ4n) is 4.20. The highest BCUT2D eigenvalue weighted by atomic mass is 127. The quantitative estimate of drug-likeness (QED) is 0.393. The Morgan fingerprint density at radius 1 is 1.10 bits per heavy atom. The highest BCUT2D eigenvalue weighted by Crippen LogP contribution is 2.28. The zero-order valence-corrected chi connectivity index (χ0v) is 19.2. The molecule has 2 heterocycles. The van der Waals surface area contributed by atoms with Crippen molar-refractivity contribution < 1.29 is 4.79 Å². The summed E-state index contributed by atoms with van der Waals surface area (Å²) in [6.07, 6.45) is 2.04. The van der Waals surface area contributed by atoms with Crippen LogP contribution in [0, 0.1) is 0 Å². The lowest BCUT2D eigenvalue weighted by Gasteiger charge is -2.22. The number of nitrogens with one attached hydrogen (secondary N) is 1. The molecule has 5 nitrogen and oxygen atoms in total. The van der Waals surface area contributed by atoms with Crippen molar-refractivity contribution in [3.63, 3.8) is 0 Å². The SMILES string of the molecule is CCNC(=NCC(=O)N1CCc2ccccc21)N1CCC(c2ccccc2)C1.I. The van der Waals surface area contributed by atoms with Gasteiger partial charge in [-0.2, -0.15) is 0 Å². The van der Waals surface area contributed by atoms with Gasteiger partial charge in [-0.05, 0) is 37.0 Å². The first-order valence-electron chi connectivity index (χ1n) is 10.2. The minimum absolute atomic E-state index is 0. The van der Waals surface area contributed by atoms with Gasteiger partial charge in [0.25, 0.3) is 0 Å². The molecular weight excluding hydrogens is 475 g/mol. The van der Waals surface area contributed by atoms with E-state index < -0.39 is 0 Å². The van der Waals surface area contributed by atoms with Crippen LogP contribution in [0.4, 0.5) is 5.69 Å². The maximum atomic E-state index is 12.8. The second kappa shape index (κ2) is 10.1. The number of amides is 1. The molecule has 0 bridgehead atoms. The smallest absolute Gasteiger partial charge is 0.248 e. The van der Waals surface area contributed by atoms with E-state index in [0.717, 1.165) is 50.7 Å². The first-order chi connectivity index (χ1) is 13.8. The Balaban J connectivity index is 0.00000240. The zero-order chi connectivity index (χ0) is 19.3. The van der Waals surface area contributed by atoms with Gasteiger partial charge in [0.15, 0.2) is 5.96 Å². The van der Waals surface area contributed by atoms with Gasteiger partial charge in [0.1, 0.15) is 6.54 Å². The number of carbonyl (C=O) groups is 1. The molecule has 0 radical (unpaired) electrons. The van der Waals surface area contributed by atoms with Crippen molar-refractivity contribution in [3.05, 3.63) is 65.7 Å². The van der Waals surface area contributed by atoms with Crippen molar-refractivity contribution in [1.82, 2.24) is 10.2 Å². The average molecular weight is 504 g/mol. The van der Waals surface area contributed by atoms with Crippen LogP contribution in [0.5, 0.6) is 0 Å². The molecule has 1 N–H and O–H groups in total. The van der Waals surface area contributed by atoms with E-state index in [4.69, 9.17) is 0 Å². The number of guanidine groups is 1. The first kappa shape index (κ1) is 21.6. The third kappa shape index (κ3) is 4.91. The maximum Gasteiger partial charge on any atom is 0.248 e. The number of aliphatic imine (C=N–C) groups is 1. The van der Waals surface area contributed by atoms with E-state index >= 15 is 0 Å². The summed E-state index contributed by atoms with van der Waals surface area (Å²) in [6.45, 7) is 5.71. The Hall–Kier alpha value is -2.09. The Kier molecular flexibility index (Phi) is 7.52. The molecule has 1 unspecified atom stereocenters. The number of rotatable bonds is 4. The zero-order valence-electron chi connectivity index (χ0n) is 16.9. The third-order valence-corrected chi connectivity index (χ3v) is 5.65. The fourth-order valence-corrected chi connectivity index (χ4v) is 4.20. The van der Waals surface area contributed by atoms with Crippen molar-refractivity contribution in [3.8, 4) is 0 Å². The predicted molar refractivity (Wildman–Crippen MR) is 129 cm³/mol. The van der Waals surface area contributed by atoms with E-state index in [-0.39, 0.29) is 36.4 Å². The molecule has 1 fully saturated rings. The number of carbonyl (C=O) groups excluding carboxylic acids is 1. The lowest BCUT2D eigenvalue weighted by atomic mass is 9.99. The largest absolute Gasteiger partial charge is 0.357 e. The minimum Gasteiger partial charge on any atom is -0.357 e. The highest BCUT2D eigenvalue weighted by molar-refractivity contribution is 14.0. The molecule has 1 saturated heterocycles. The number of hydrogen-bond donors (Lipinski definition) is 1. The monoisotopic (exact) mass is 504 g/mol. The second-order valence-electron chi connectivity index (χ2n) is 7.44. The van der Waals surface area contributed by atoms with Gasteiger partial charge >= 0.3 is 0 Å². The number of fused-ring (bicyclic) bond motifs is 1. The number of nitrogens with zero attached hydrogens (tertiary/aromatic N) is 3. The molecule has 1 atom stereocenters. The minimum atomic E-state index is 0. The van der Waals surface area contributed by atoms with Gasteiger partial charge in [0.05, 0.1) is 0 Å². The number of para-hydroxylation sites is 1. The third-order valence-electron chi connectivity index (χ3n) is 5.65. The molecule has 2 aliphatic heterocycles. The molecule has 2 aromatic carbocycles. The van der Waals surface area contributed by atoms with Gasteiger partial charge in [-0.3, -0.25) is 4.79 Å². The van der Waals surface area contributed by atoms with Crippen molar-refractivity contribution in [2.45, 2.75) is 25.7 Å². The number of anilines is 1. The second-order valence-corrected chi connectivity index (χ2v) is 7.44. The first-order valence-corrected chi connectivity index (χ1v) is 10.2. The molecule has 154 valence electrons. The molecule has 2 aromatic rings. The lowest BCUT2D eigenvalue weighted by molar-refractivity contribution is -0.117. The molecule has 1 amide bonds. The van der Waals surface area contributed by atoms with Crippen LogP contribution >= 0.6 is 24.0 Å². The normalized spacial score (nSPS) is 18.4. The summed E-state index contributed by atoms with van der Waals surface area (Å²) in [4.78, 5) is 21.6. The molecule has 6 heteroatoms. The molecule has 0 aliphatic carbocycles. The van der Waals surface area contributed by atoms with E-state index in [2.05, 4.69) is 58.5 Å². The van der Waals surface area contributed by atoms with E-state index in [1.807, 2.05) is 23.1 Å². The van der Waals surface area contributed by atoms with Crippen LogP contribution < -0.4 is 10.2 Å². The summed E-state index contributed by atoms with van der Waals surface area (Å²) in [5.41, 5.74) is 3.67. The van der Waals surface area contributed by atoms with Crippen molar-refractivity contribution in [2.24, 2.45) is 4.99 Å². The molecule has 0 spiro atoms. The lowest BCUT2D eigenvalue weighted by Crippen LogP contribution is -2.41. The summed E-state index contributed by atoms with van der Waals surface area (Å²) in [5.74, 6) is 1.44. The number of likely N-dealkylation sites (tertiary alicyclic amines) is 1. The van der Waals surface area contributed by atoms with Gasteiger partial charge in [-0.1, -0.05) is 48.5 Å². The van der Waals surface area contributed by atoms with Crippen LogP contribution in [0.25, 0.3) is 0 Å². The van der Waals surface area contributed by atoms with Crippen LogP contribution in [-0.2, 0) is 11.2 Å². The number of benzene rings is 2. The van der Waals surface area contributed by atoms with Crippen molar-refractivity contribution in [2.75, 3.05) is 37.6 Å². The summed E-state index contributed by atoms with van der Waals surface area (Å²) < 4.78 is 0. The van der Waals surface area contributed by atoms with Gasteiger partial charge in [0.2, 0.25) is 5.91 Å². The maximum absolute atomic E-state index is 12.8. The molecule has 2 aliphatic rings. The summed E-state index contributed by atoms with van der Waals surface area (Å²) in [6, 6.07) is 18.8. The van der Waals surface area contributed by atoms with E-state index in [1.54, 1.807) is 0 Å². The number of hydrogen-bond acceptors (Lipinski definition) is 2. The van der Waals surface area contributed by atoms with E-state index in [9.17, 15) is 4.79 Å². The van der Waals surface area contributed by atoms with E-state index in [1.165, 1.54) is 11.1 Å². The van der Waals surface area contributed by atoms with Crippen LogP contribution in [-0.4, -0.2) is 49.5 Å². The molecule has 0 aromatic heterocycles. The average Bonchev–Trinajstić information content (AvgIpc) is 3.39. The Labute approximate surface area is 190 Å². The fraction of sp³-hybridized carbons (Fsp3) is 0.391. The van der Waals surface area contributed by atoms with Gasteiger partial charge in [-0.25, -0.2) is 4.99 Å². The van der Waals surface area contributed by atoms with Gasteiger partial charge in [-0.15, -0.1) is 24.0 Å². The van der Waals surface area contributed by atoms with Crippen molar-refractivity contribution >= 4 is 41.5 Å². The predicted octanol–water partition coefficient (Wildman–Crippen LogP) is 3.65. The highest BCUT2D eigenvalue weighted by Gasteiger charge is 2.27. The molecular formula is C23H29IN4O. The summed E-state index contributed by atoms with van der Waals surface area (Å²) in [7, 11) is 0. The standard InChI is InChI=1S/C23H28N4O.HI/c1-2-24-23(26-14-12-20(17-26)18-8-4-3-5-9-18)25-16-22(28)27-15-13-19-10-6-7-11-21(19)27;/h3-11,20H,2,12-17H2,1H3,(H,24,25);1H. The molecule has 0 saturated carbocycles.